The van der Waals surface area contributed by atoms with Gasteiger partial charge in [0.15, 0.2) is 0 Å². The van der Waals surface area contributed by atoms with Crippen LogP contribution in [0.4, 0.5) is 0 Å². The van der Waals surface area contributed by atoms with Crippen LogP contribution in [0.25, 0.3) is 0 Å². The largest absolute Gasteiger partial charge is 0.325 e. The Morgan fingerprint density at radius 2 is 2.30 bits per heavy atom. The van der Waals surface area contributed by atoms with Crippen molar-refractivity contribution < 1.29 is 13.0 Å². The first-order valence-electron chi connectivity index (χ1n) is 2.28. The van der Waals surface area contributed by atoms with Crippen LogP contribution in [0.1, 0.15) is 0 Å². The summed E-state index contributed by atoms with van der Waals surface area (Å²) in [5, 5.41) is 1.74. The van der Waals surface area contributed by atoms with Crippen molar-refractivity contribution in [2.75, 3.05) is 0 Å². The number of hydrogen-bond donors (Lipinski definition) is 1. The molecule has 0 saturated carbocycles. The molecule has 0 aromatic carbocycles. The summed E-state index contributed by atoms with van der Waals surface area (Å²) in [6.45, 7) is 0. The molecule has 1 rings (SSSR count). The summed E-state index contributed by atoms with van der Waals surface area (Å²) in [6, 6.07) is 3.35. The molecule has 0 atom stereocenters. The lowest BCUT2D eigenvalue weighted by atomic mass is 10.7. The Balaban J connectivity index is 2.75. The van der Waals surface area contributed by atoms with Crippen molar-refractivity contribution in [2.45, 2.75) is 4.21 Å². The molecular weight excluding hydrogens is 192 g/mol. The van der Waals surface area contributed by atoms with E-state index in [1.807, 2.05) is 0 Å². The molecule has 0 spiro atoms. The van der Waals surface area contributed by atoms with E-state index in [9.17, 15) is 8.42 Å². The highest BCUT2D eigenvalue weighted by molar-refractivity contribution is 8.70. The molecule has 1 N–H and O–H groups in total. The summed E-state index contributed by atoms with van der Waals surface area (Å²) in [7, 11) is -3.47. The molecule has 10 heavy (non-hydrogen) atoms. The van der Waals surface area contributed by atoms with Gasteiger partial charge in [0, 0.05) is 10.8 Å². The Labute approximate surface area is 66.2 Å². The highest BCUT2D eigenvalue weighted by atomic mass is 33.2. The van der Waals surface area contributed by atoms with Crippen LogP contribution in [-0.2, 0) is 9.15 Å². The van der Waals surface area contributed by atoms with Gasteiger partial charge < -0.3 is 0 Å². The zero-order valence-electron chi connectivity index (χ0n) is 4.72. The number of hydrogen-bond acceptors (Lipinski definition) is 4. The lowest BCUT2D eigenvalue weighted by Crippen LogP contribution is -1.86. The van der Waals surface area contributed by atoms with Crippen molar-refractivity contribution in [2.24, 2.45) is 0 Å². The normalized spacial score (nSPS) is 11.7. The molecule has 0 aliphatic rings. The van der Waals surface area contributed by atoms with E-state index in [1.165, 1.54) is 11.3 Å². The summed E-state index contributed by atoms with van der Waals surface area (Å²) < 4.78 is 29.4. The minimum atomic E-state index is -3.92. The van der Waals surface area contributed by atoms with E-state index in [0.717, 1.165) is 0 Å². The summed E-state index contributed by atoms with van der Waals surface area (Å²) in [5.74, 6) is 0. The van der Waals surface area contributed by atoms with E-state index in [0.29, 0.717) is 15.0 Å². The average Bonchev–Trinajstić information content (AvgIpc) is 2.12. The molecular formula is C4H4O3S3. The van der Waals surface area contributed by atoms with Gasteiger partial charge in [-0.05, 0) is 11.4 Å². The Morgan fingerprint density at radius 3 is 2.70 bits per heavy atom. The molecule has 6 heteroatoms. The van der Waals surface area contributed by atoms with Gasteiger partial charge in [0.25, 0.3) is 0 Å². The molecule has 3 nitrogen and oxygen atoms in total. The molecule has 1 aromatic rings. The molecule has 0 fully saturated rings. The third-order valence-corrected chi connectivity index (χ3v) is 3.88. The van der Waals surface area contributed by atoms with Gasteiger partial charge in [-0.2, -0.15) is 8.42 Å². The predicted octanol–water partition coefficient (Wildman–Crippen LogP) is 1.64. The van der Waals surface area contributed by atoms with Gasteiger partial charge in [-0.1, -0.05) is 6.07 Å². The Kier molecular flexibility index (Phi) is 2.35. The summed E-state index contributed by atoms with van der Waals surface area (Å²) in [4.78, 5) is 0. The zero-order valence-corrected chi connectivity index (χ0v) is 7.17. The predicted molar refractivity (Wildman–Crippen MR) is 41.7 cm³/mol. The maximum absolute atomic E-state index is 10.2. The Hall–Kier alpha value is -0.0400. The lowest BCUT2D eigenvalue weighted by molar-refractivity contribution is 0.503. The Morgan fingerprint density at radius 1 is 1.60 bits per heavy atom. The van der Waals surface area contributed by atoms with Crippen molar-refractivity contribution in [1.29, 1.82) is 0 Å². The summed E-state index contributed by atoms with van der Waals surface area (Å²) in [5.41, 5.74) is 0. The second kappa shape index (κ2) is 2.91. The second-order valence-corrected chi connectivity index (χ2v) is 5.87. The smallest absolute Gasteiger partial charge is 0.277 e. The number of thiophene rings is 1. The first kappa shape index (κ1) is 8.06. The molecule has 0 radical (unpaired) electrons. The van der Waals surface area contributed by atoms with Gasteiger partial charge >= 0.3 is 9.15 Å². The van der Waals surface area contributed by atoms with Crippen LogP contribution in [0.15, 0.2) is 21.7 Å². The maximum atomic E-state index is 10.2. The van der Waals surface area contributed by atoms with Crippen molar-refractivity contribution >= 4 is 31.3 Å². The van der Waals surface area contributed by atoms with Crippen LogP contribution in [-0.4, -0.2) is 13.0 Å². The van der Waals surface area contributed by atoms with Gasteiger partial charge in [0.1, 0.15) is 0 Å². The topological polar surface area (TPSA) is 54.4 Å². The minimum absolute atomic E-state index is 0.454. The van der Waals surface area contributed by atoms with Crippen molar-refractivity contribution in [3.05, 3.63) is 17.5 Å². The van der Waals surface area contributed by atoms with Crippen LogP contribution >= 0.6 is 22.1 Å². The fourth-order valence-corrected chi connectivity index (χ4v) is 3.45. The first-order valence-corrected chi connectivity index (χ1v) is 5.93. The van der Waals surface area contributed by atoms with E-state index in [-0.39, 0.29) is 0 Å². The molecule has 0 saturated heterocycles. The van der Waals surface area contributed by atoms with Crippen LogP contribution in [0, 0.1) is 0 Å². The van der Waals surface area contributed by atoms with Gasteiger partial charge in [-0.15, -0.1) is 11.3 Å². The molecule has 0 aliphatic carbocycles. The zero-order chi connectivity index (χ0) is 7.61. The van der Waals surface area contributed by atoms with Gasteiger partial charge in [-0.3, -0.25) is 4.55 Å². The van der Waals surface area contributed by atoms with Gasteiger partial charge in [-0.25, -0.2) is 0 Å². The van der Waals surface area contributed by atoms with E-state index in [2.05, 4.69) is 0 Å². The fraction of sp³-hybridized carbons (Fsp3) is 0. The molecule has 0 bridgehead atoms. The summed E-state index contributed by atoms with van der Waals surface area (Å²) >= 11 is 1.27. The third kappa shape index (κ3) is 2.70. The van der Waals surface area contributed by atoms with E-state index < -0.39 is 9.15 Å². The Bertz CT molecular complexity index is 286. The maximum Gasteiger partial charge on any atom is 0.325 e. The quantitative estimate of drug-likeness (QED) is 0.577. The molecule has 0 amide bonds. The van der Waals surface area contributed by atoms with Crippen LogP contribution < -0.4 is 0 Å². The highest BCUT2D eigenvalue weighted by Gasteiger charge is 2.07. The first-order chi connectivity index (χ1) is 4.58. The van der Waals surface area contributed by atoms with Gasteiger partial charge in [0.05, 0.1) is 4.21 Å². The van der Waals surface area contributed by atoms with Crippen molar-refractivity contribution in [3.8, 4) is 0 Å². The van der Waals surface area contributed by atoms with Crippen LogP contribution in [0.2, 0.25) is 0 Å². The SMILES string of the molecule is O=S(=O)(O)Sc1cccs1. The van der Waals surface area contributed by atoms with Gasteiger partial charge in [0.2, 0.25) is 0 Å². The summed E-state index contributed by atoms with van der Waals surface area (Å²) in [6.07, 6.45) is 0. The van der Waals surface area contributed by atoms with Crippen LogP contribution in [0.5, 0.6) is 0 Å². The molecule has 1 heterocycles. The lowest BCUT2D eigenvalue weighted by Gasteiger charge is -1.88. The second-order valence-electron chi connectivity index (χ2n) is 1.44. The van der Waals surface area contributed by atoms with Crippen molar-refractivity contribution in [1.82, 2.24) is 0 Å². The number of rotatable bonds is 2. The molecule has 56 valence electrons. The third-order valence-electron chi connectivity index (χ3n) is 0.683. The molecule has 0 unspecified atom stereocenters. The standard InChI is InChI=1S/C4H4O3S3/c5-10(6,7)9-4-2-1-3-8-4/h1-3H,(H,5,6,7). The molecule has 0 aliphatic heterocycles. The monoisotopic (exact) mass is 196 g/mol. The van der Waals surface area contributed by atoms with Crippen LogP contribution in [0.3, 0.4) is 0 Å². The average molecular weight is 196 g/mol. The molecule has 1 aromatic heterocycles. The van der Waals surface area contributed by atoms with E-state index >= 15 is 0 Å². The highest BCUT2D eigenvalue weighted by Crippen LogP contribution is 2.27. The fourth-order valence-electron chi connectivity index (χ4n) is 0.415. The van der Waals surface area contributed by atoms with E-state index in [1.54, 1.807) is 17.5 Å². The van der Waals surface area contributed by atoms with E-state index in [4.69, 9.17) is 4.55 Å². The minimum Gasteiger partial charge on any atom is -0.277 e. The van der Waals surface area contributed by atoms with Crippen molar-refractivity contribution in [3.63, 3.8) is 0 Å².